The molecular weight excluding hydrogens is 254 g/mol. The molecule has 0 radical (unpaired) electrons. The molecule has 0 heterocycles. The molecule has 0 fully saturated rings. The Morgan fingerprint density at radius 1 is 1.53 bits per heavy atom. The number of amides is 1. The molecule has 1 amide bonds. The van der Waals surface area contributed by atoms with Crippen LogP contribution < -0.4 is 5.32 Å². The molecule has 0 aliphatic heterocycles. The van der Waals surface area contributed by atoms with Crippen molar-refractivity contribution >= 4 is 21.8 Å². The second-order valence-corrected chi connectivity index (χ2v) is 3.93. The molecule has 0 aliphatic carbocycles. The zero-order valence-corrected chi connectivity index (χ0v) is 10.1. The average Bonchev–Trinajstić information content (AvgIpc) is 2.18. The van der Waals surface area contributed by atoms with Gasteiger partial charge in [-0.05, 0) is 37.0 Å². The van der Waals surface area contributed by atoms with Gasteiger partial charge in [-0.25, -0.2) is 0 Å². The summed E-state index contributed by atoms with van der Waals surface area (Å²) in [5, 5.41) is 2.72. The topological polar surface area (TPSA) is 29.1 Å². The number of halogens is 1. The van der Waals surface area contributed by atoms with Crippen molar-refractivity contribution in [2.75, 3.05) is 6.54 Å². The molecule has 2 nitrogen and oxygen atoms in total. The lowest BCUT2D eigenvalue weighted by atomic mass is 10.1. The first-order valence-electron chi connectivity index (χ1n) is 4.67. The minimum Gasteiger partial charge on any atom is -0.345 e. The fourth-order valence-corrected chi connectivity index (χ4v) is 1.62. The Bertz CT molecular complexity index is 404. The van der Waals surface area contributed by atoms with E-state index in [2.05, 4.69) is 33.1 Å². The lowest BCUT2D eigenvalue weighted by Gasteiger charge is -2.02. The molecule has 1 N–H and O–H groups in total. The highest BCUT2D eigenvalue weighted by molar-refractivity contribution is 9.10. The van der Waals surface area contributed by atoms with Crippen LogP contribution in [0, 0.1) is 11.8 Å². The van der Waals surface area contributed by atoms with Crippen molar-refractivity contribution in [1.29, 1.82) is 0 Å². The fourth-order valence-electron chi connectivity index (χ4n) is 1.17. The van der Waals surface area contributed by atoms with Crippen LogP contribution in [0.15, 0.2) is 28.7 Å². The normalized spacial score (nSPS) is 8.93. The van der Waals surface area contributed by atoms with Crippen LogP contribution in [-0.4, -0.2) is 12.5 Å². The lowest BCUT2D eigenvalue weighted by molar-refractivity contribution is -0.115. The van der Waals surface area contributed by atoms with Crippen LogP contribution >= 0.6 is 15.9 Å². The van der Waals surface area contributed by atoms with E-state index in [1.54, 1.807) is 6.92 Å². The summed E-state index contributed by atoms with van der Waals surface area (Å²) in [5.74, 6) is 4.77. The van der Waals surface area contributed by atoms with Crippen LogP contribution in [0.2, 0.25) is 0 Å². The molecule has 1 aromatic rings. The van der Waals surface area contributed by atoms with E-state index in [1.807, 2.05) is 24.3 Å². The summed E-state index contributed by atoms with van der Waals surface area (Å²) >= 11 is 3.40. The predicted molar refractivity (Wildman–Crippen MR) is 64.3 cm³/mol. The van der Waals surface area contributed by atoms with Gasteiger partial charge in [0.25, 0.3) is 5.91 Å². The first-order valence-corrected chi connectivity index (χ1v) is 5.46. The summed E-state index contributed by atoms with van der Waals surface area (Å²) in [6.45, 7) is 2.26. The fraction of sp³-hybridized carbons (Fsp3) is 0.250. The van der Waals surface area contributed by atoms with Crippen LogP contribution in [0.1, 0.15) is 12.5 Å². The van der Waals surface area contributed by atoms with E-state index >= 15 is 0 Å². The maximum absolute atomic E-state index is 11.0. The predicted octanol–water partition coefficient (Wildman–Crippen LogP) is 2.13. The molecule has 15 heavy (non-hydrogen) atoms. The van der Waals surface area contributed by atoms with Crippen molar-refractivity contribution in [3.8, 4) is 11.8 Å². The largest absolute Gasteiger partial charge is 0.345 e. The quantitative estimate of drug-likeness (QED) is 0.834. The standard InChI is InChI=1S/C12H12BrNO/c1-2-4-12(15)14-8-7-10-5-3-6-11(13)9-10/h3,5-6,9H,7-8H2,1H3,(H,14,15). The molecule has 1 rings (SSSR count). The van der Waals surface area contributed by atoms with Crippen LogP contribution in [0.3, 0.4) is 0 Å². The van der Waals surface area contributed by atoms with Crippen molar-refractivity contribution in [3.05, 3.63) is 34.3 Å². The van der Waals surface area contributed by atoms with Crippen molar-refractivity contribution in [2.24, 2.45) is 0 Å². The minimum absolute atomic E-state index is 0.215. The first-order chi connectivity index (χ1) is 7.22. The molecule has 0 spiro atoms. The first kappa shape index (κ1) is 11.8. The molecule has 0 aromatic heterocycles. The average molecular weight is 266 g/mol. The number of hydrogen-bond donors (Lipinski definition) is 1. The van der Waals surface area contributed by atoms with E-state index in [9.17, 15) is 4.79 Å². The Hall–Kier alpha value is -1.27. The smallest absolute Gasteiger partial charge is 0.295 e. The van der Waals surface area contributed by atoms with Gasteiger partial charge in [0.1, 0.15) is 0 Å². The van der Waals surface area contributed by atoms with Gasteiger partial charge in [0, 0.05) is 11.0 Å². The number of nitrogens with one attached hydrogen (secondary N) is 1. The highest BCUT2D eigenvalue weighted by atomic mass is 79.9. The van der Waals surface area contributed by atoms with Gasteiger partial charge in [-0.3, -0.25) is 4.79 Å². The van der Waals surface area contributed by atoms with Crippen LogP contribution in [0.5, 0.6) is 0 Å². The summed E-state index contributed by atoms with van der Waals surface area (Å²) < 4.78 is 1.06. The van der Waals surface area contributed by atoms with E-state index in [1.165, 1.54) is 5.56 Å². The number of carbonyl (C=O) groups is 1. The molecule has 0 saturated heterocycles. The van der Waals surface area contributed by atoms with Crippen LogP contribution in [-0.2, 0) is 11.2 Å². The summed E-state index contributed by atoms with van der Waals surface area (Å²) in [5.41, 5.74) is 1.19. The summed E-state index contributed by atoms with van der Waals surface area (Å²) in [7, 11) is 0. The highest BCUT2D eigenvalue weighted by Crippen LogP contribution is 2.11. The molecule has 78 valence electrons. The Balaban J connectivity index is 2.37. The monoisotopic (exact) mass is 265 g/mol. The third-order valence-corrected chi connectivity index (χ3v) is 2.32. The van der Waals surface area contributed by atoms with Gasteiger partial charge in [-0.1, -0.05) is 34.0 Å². The van der Waals surface area contributed by atoms with E-state index < -0.39 is 0 Å². The maximum Gasteiger partial charge on any atom is 0.295 e. The van der Waals surface area contributed by atoms with Gasteiger partial charge < -0.3 is 5.32 Å². The summed E-state index contributed by atoms with van der Waals surface area (Å²) in [4.78, 5) is 11.0. The van der Waals surface area contributed by atoms with Crippen molar-refractivity contribution < 1.29 is 4.79 Å². The highest BCUT2D eigenvalue weighted by Gasteiger charge is 1.96. The molecule has 0 atom stereocenters. The van der Waals surface area contributed by atoms with Crippen molar-refractivity contribution in [3.63, 3.8) is 0 Å². The zero-order chi connectivity index (χ0) is 11.1. The Kier molecular flexibility index (Phi) is 4.92. The van der Waals surface area contributed by atoms with E-state index in [-0.39, 0.29) is 5.91 Å². The van der Waals surface area contributed by atoms with E-state index in [0.29, 0.717) is 6.54 Å². The van der Waals surface area contributed by atoms with Gasteiger partial charge in [0.2, 0.25) is 0 Å². The number of hydrogen-bond acceptors (Lipinski definition) is 1. The van der Waals surface area contributed by atoms with Gasteiger partial charge in [0.15, 0.2) is 0 Å². The lowest BCUT2D eigenvalue weighted by Crippen LogP contribution is -2.23. The second-order valence-electron chi connectivity index (χ2n) is 3.01. The number of rotatable bonds is 3. The number of carbonyl (C=O) groups excluding carboxylic acids is 1. The molecule has 0 aliphatic rings. The summed E-state index contributed by atoms with van der Waals surface area (Å²) in [6, 6.07) is 8.03. The van der Waals surface area contributed by atoms with E-state index in [4.69, 9.17) is 0 Å². The Morgan fingerprint density at radius 2 is 2.33 bits per heavy atom. The SMILES string of the molecule is CC#CC(=O)NCCc1cccc(Br)c1. The minimum atomic E-state index is -0.215. The van der Waals surface area contributed by atoms with Crippen LogP contribution in [0.4, 0.5) is 0 Å². The third kappa shape index (κ3) is 4.66. The van der Waals surface area contributed by atoms with Gasteiger partial charge in [-0.15, -0.1) is 0 Å². The van der Waals surface area contributed by atoms with Gasteiger partial charge in [-0.2, -0.15) is 0 Å². The Labute approximate surface area is 98.2 Å². The molecule has 0 unspecified atom stereocenters. The second kappa shape index (κ2) is 6.26. The van der Waals surface area contributed by atoms with Crippen molar-refractivity contribution in [1.82, 2.24) is 5.32 Å². The maximum atomic E-state index is 11.0. The Morgan fingerprint density at radius 3 is 3.00 bits per heavy atom. The molecule has 1 aromatic carbocycles. The van der Waals surface area contributed by atoms with Gasteiger partial charge in [0.05, 0.1) is 0 Å². The molecule has 3 heteroatoms. The number of benzene rings is 1. The van der Waals surface area contributed by atoms with Gasteiger partial charge >= 0.3 is 0 Å². The summed E-state index contributed by atoms with van der Waals surface area (Å²) in [6.07, 6.45) is 0.816. The molecular formula is C12H12BrNO. The van der Waals surface area contributed by atoms with Crippen molar-refractivity contribution in [2.45, 2.75) is 13.3 Å². The molecule has 0 bridgehead atoms. The van der Waals surface area contributed by atoms with E-state index in [0.717, 1.165) is 10.9 Å². The zero-order valence-electron chi connectivity index (χ0n) is 8.51. The third-order valence-electron chi connectivity index (χ3n) is 1.83. The van der Waals surface area contributed by atoms with Crippen LogP contribution in [0.25, 0.3) is 0 Å². The molecule has 0 saturated carbocycles.